The van der Waals surface area contributed by atoms with Crippen molar-refractivity contribution in [1.82, 2.24) is 0 Å². The van der Waals surface area contributed by atoms with Crippen LogP contribution in [0.2, 0.25) is 0 Å². The van der Waals surface area contributed by atoms with Gasteiger partial charge >= 0.3 is 33.6 Å². The first-order valence-electron chi connectivity index (χ1n) is 38.5. The van der Waals surface area contributed by atoms with E-state index in [-0.39, 0.29) is 19.3 Å². The normalized spacial score (nSPS) is 14.8. The first kappa shape index (κ1) is 94.7. The van der Waals surface area contributed by atoms with Crippen molar-refractivity contribution < 1.29 is 75.8 Å². The third-order valence-electron chi connectivity index (χ3n) is 15.8. The van der Waals surface area contributed by atoms with E-state index < -0.39 is 91.5 Å². The molecule has 0 aromatic heterocycles. The molecule has 5 atom stereocenters. The maximum atomic E-state index is 12.9. The highest BCUT2D eigenvalue weighted by atomic mass is 31.2. The van der Waals surface area contributed by atoms with Gasteiger partial charge in [-0.25, -0.2) is 9.13 Å². The Labute approximate surface area is 601 Å². The van der Waals surface area contributed by atoms with Crippen LogP contribution in [-0.2, 0) is 55.8 Å². The Hall–Kier alpha value is -4.31. The Morgan fingerprint density at radius 1 is 0.293 bits per heavy atom. The molecule has 0 saturated carbocycles. The fourth-order valence-electron chi connectivity index (χ4n) is 9.96. The van der Waals surface area contributed by atoms with Gasteiger partial charge in [-0.15, -0.1) is 0 Å². The molecule has 0 aliphatic carbocycles. The van der Waals surface area contributed by atoms with E-state index in [1.165, 1.54) is 103 Å². The van der Waals surface area contributed by atoms with Crippen molar-refractivity contribution in [2.75, 3.05) is 39.6 Å². The second-order valence-electron chi connectivity index (χ2n) is 25.4. The van der Waals surface area contributed by atoms with Gasteiger partial charge in [0.1, 0.15) is 25.4 Å². The summed E-state index contributed by atoms with van der Waals surface area (Å²) in [4.78, 5) is 58.6. The third-order valence-corrected chi connectivity index (χ3v) is 17.7. The summed E-state index contributed by atoms with van der Waals surface area (Å²) in [7, 11) is -9.80. The van der Waals surface area contributed by atoms with Gasteiger partial charge in [-0.2, -0.15) is 0 Å². The van der Waals surface area contributed by atoms with Gasteiger partial charge < -0.3 is 34.2 Å². The largest absolute Gasteiger partial charge is 0.472 e. The van der Waals surface area contributed by atoms with Gasteiger partial charge in [-0.05, 0) is 141 Å². The number of rotatable bonds is 72. The molecule has 4 N–H and O–H groups in total. The number of allylic oxidation sites excluding steroid dienone is 22. The number of aliphatic hydroxyl groups excluding tert-OH is 2. The molecule has 0 aliphatic rings. The lowest BCUT2D eigenvalue weighted by Gasteiger charge is -2.21. The van der Waals surface area contributed by atoms with Gasteiger partial charge in [-0.3, -0.25) is 32.5 Å². The second-order valence-corrected chi connectivity index (χ2v) is 28.3. The molecule has 18 heteroatoms. The van der Waals surface area contributed by atoms with Crippen LogP contribution in [0.25, 0.3) is 0 Å². The highest BCUT2D eigenvalue weighted by molar-refractivity contribution is 7.47. The average Bonchev–Trinajstić information content (AvgIpc) is 1.92. The summed E-state index contributed by atoms with van der Waals surface area (Å²) in [6.07, 6.45) is 87.9. The van der Waals surface area contributed by atoms with E-state index in [0.717, 1.165) is 141 Å². The van der Waals surface area contributed by atoms with E-state index in [4.69, 9.17) is 32.3 Å². The molecule has 0 fully saturated rings. The average molecular weight is 1430 g/mol. The first-order chi connectivity index (χ1) is 48.2. The van der Waals surface area contributed by atoms with Gasteiger partial charge in [0.15, 0.2) is 6.10 Å². The maximum absolute atomic E-state index is 12.9. The number of hydrogen-bond donors (Lipinski definition) is 4. The van der Waals surface area contributed by atoms with E-state index in [0.29, 0.717) is 19.3 Å². The van der Waals surface area contributed by atoms with Crippen molar-refractivity contribution in [3.63, 3.8) is 0 Å². The number of unbranched alkanes of at least 4 members (excludes halogenated alkanes) is 27. The predicted molar refractivity (Wildman–Crippen MR) is 408 cm³/mol. The van der Waals surface area contributed by atoms with Crippen LogP contribution in [0.4, 0.5) is 0 Å². The lowest BCUT2D eigenvalue weighted by Crippen LogP contribution is -2.30. The second kappa shape index (κ2) is 73.4. The van der Waals surface area contributed by atoms with Crippen molar-refractivity contribution in [3.05, 3.63) is 134 Å². The lowest BCUT2D eigenvalue weighted by molar-refractivity contribution is -0.161. The highest BCUT2D eigenvalue weighted by Gasteiger charge is 2.29. The number of esters is 3. The Balaban J connectivity index is 4.55. The molecule has 0 aromatic carbocycles. The lowest BCUT2D eigenvalue weighted by atomic mass is 10.0. The number of carbonyl (C=O) groups excluding carboxylic acids is 3. The first-order valence-corrected chi connectivity index (χ1v) is 41.5. The van der Waals surface area contributed by atoms with E-state index in [1.54, 1.807) is 0 Å². The molecule has 0 saturated heterocycles. The van der Waals surface area contributed by atoms with Gasteiger partial charge in [0.2, 0.25) is 0 Å². The molecular weight excluding hydrogens is 1290 g/mol. The van der Waals surface area contributed by atoms with E-state index >= 15 is 0 Å². The van der Waals surface area contributed by atoms with Gasteiger partial charge in [0, 0.05) is 19.3 Å². The van der Waals surface area contributed by atoms with Crippen LogP contribution in [0.5, 0.6) is 0 Å². The quantitative estimate of drug-likeness (QED) is 0.0146. The molecular formula is C81H138O16P2. The van der Waals surface area contributed by atoms with Crippen LogP contribution in [0.15, 0.2) is 134 Å². The number of ether oxygens (including phenoxy) is 3. The molecule has 99 heavy (non-hydrogen) atoms. The fraction of sp³-hybridized carbons (Fsp3) is 0.691. The fourth-order valence-corrected chi connectivity index (χ4v) is 11.5. The van der Waals surface area contributed by atoms with Crippen LogP contribution in [-0.4, -0.2) is 95.9 Å². The number of hydrogen-bond acceptors (Lipinski definition) is 14. The molecule has 0 aliphatic heterocycles. The molecule has 0 amide bonds. The SMILES string of the molecule is CC/C=C\C/C=C\C/C=C\C/C=C\C/C=C\CCCCCC(=O)OCC(COP(=O)(O)OCC(O)COP(=O)(O)OCC(O)COC(=O)CCCCCCCCCCCCCCC/C=C\C/C=C\C/C=C\C/C=C\CCCCC)OC(=O)CCCCCCC/C=C\C/C=C\CCCCC. The third kappa shape index (κ3) is 74.7. The van der Waals surface area contributed by atoms with Gasteiger partial charge in [-0.1, -0.05) is 276 Å². The Kier molecular flexibility index (Phi) is 70.2. The van der Waals surface area contributed by atoms with Crippen molar-refractivity contribution >= 4 is 33.6 Å². The van der Waals surface area contributed by atoms with Crippen LogP contribution >= 0.6 is 15.6 Å². The summed E-state index contributed by atoms with van der Waals surface area (Å²) < 4.78 is 61.0. The molecule has 16 nitrogen and oxygen atoms in total. The van der Waals surface area contributed by atoms with Gasteiger partial charge in [0.05, 0.1) is 26.4 Å². The van der Waals surface area contributed by atoms with Crippen LogP contribution < -0.4 is 0 Å². The molecule has 5 unspecified atom stereocenters. The topological polar surface area (TPSA) is 231 Å². The summed E-state index contributed by atoms with van der Waals surface area (Å²) in [6.45, 7) is 2.45. The van der Waals surface area contributed by atoms with Crippen molar-refractivity contribution in [3.8, 4) is 0 Å². The zero-order valence-corrected chi connectivity index (χ0v) is 63.7. The Morgan fingerprint density at radius 2 is 0.535 bits per heavy atom. The summed E-state index contributed by atoms with van der Waals surface area (Å²) in [6, 6.07) is 0. The molecule has 0 heterocycles. The van der Waals surface area contributed by atoms with E-state index in [9.17, 15) is 43.5 Å². The van der Waals surface area contributed by atoms with E-state index in [1.807, 2.05) is 0 Å². The zero-order valence-electron chi connectivity index (χ0n) is 61.9. The van der Waals surface area contributed by atoms with Crippen molar-refractivity contribution in [1.29, 1.82) is 0 Å². The summed E-state index contributed by atoms with van der Waals surface area (Å²) in [5.41, 5.74) is 0. The molecule has 0 spiro atoms. The van der Waals surface area contributed by atoms with E-state index in [2.05, 4.69) is 154 Å². The smallest absolute Gasteiger partial charge is 0.463 e. The minimum atomic E-state index is -4.94. The van der Waals surface area contributed by atoms with Gasteiger partial charge in [0.25, 0.3) is 0 Å². The molecule has 568 valence electrons. The number of carbonyl (C=O) groups is 3. The van der Waals surface area contributed by atoms with Crippen LogP contribution in [0.1, 0.15) is 303 Å². The zero-order chi connectivity index (χ0) is 72.3. The predicted octanol–water partition coefficient (Wildman–Crippen LogP) is 22.3. The Morgan fingerprint density at radius 3 is 0.859 bits per heavy atom. The van der Waals surface area contributed by atoms with Crippen LogP contribution in [0, 0.1) is 0 Å². The monoisotopic (exact) mass is 1430 g/mol. The number of aliphatic hydroxyl groups is 2. The minimum Gasteiger partial charge on any atom is -0.463 e. The molecule has 0 aromatic rings. The molecule has 0 rings (SSSR count). The molecule has 0 bridgehead atoms. The summed E-state index contributed by atoms with van der Waals surface area (Å²) >= 11 is 0. The van der Waals surface area contributed by atoms with Crippen LogP contribution in [0.3, 0.4) is 0 Å². The maximum Gasteiger partial charge on any atom is 0.472 e. The minimum absolute atomic E-state index is 0.0777. The number of phosphoric acid groups is 2. The highest BCUT2D eigenvalue weighted by Crippen LogP contribution is 2.45. The standard InChI is InChI=1S/C81H138O16P2/c1-4-7-10-13-16-19-22-25-28-30-32-33-34-35-36-37-38-39-40-41-43-45-47-49-52-55-58-61-64-67-79(84)91-70-76(82)71-93-98(87,88)94-72-77(83)73-95-99(89,90)96-75-78(97-81(86)69-66-63-60-57-54-51-46-27-24-21-18-15-12-9-6-3)74-92-80(85)68-65-62-59-56-53-50-48-44-42-31-29-26-23-20-17-14-11-8-5-2/h8,11,16-21,25-29,32-33,35-36,42,44,46,50,53,76-78,82-83H,4-7,9-10,12-15,22-24,30-31,34,37-41,43,45,47-49,51-52,54-75H2,1-3H3,(H,87,88)(H,89,90)/b11-8-,19-16-,20-17-,21-18-,28-25-,29-26-,33-32-,36-35-,44-42-,46-27-,53-50-. The summed E-state index contributed by atoms with van der Waals surface area (Å²) in [5, 5.41) is 20.6. The molecule has 0 radical (unpaired) electrons. The van der Waals surface area contributed by atoms with Crippen molar-refractivity contribution in [2.45, 2.75) is 322 Å². The summed E-state index contributed by atoms with van der Waals surface area (Å²) in [5.74, 6) is -1.63. The van der Waals surface area contributed by atoms with Crippen molar-refractivity contribution in [2.24, 2.45) is 0 Å². The Bertz CT molecular complexity index is 2330. The number of phosphoric ester groups is 2.